The number of hydrogen-bond acceptors (Lipinski definition) is 4. The summed E-state index contributed by atoms with van der Waals surface area (Å²) in [5.41, 5.74) is 0. The summed E-state index contributed by atoms with van der Waals surface area (Å²) in [4.78, 5) is 1.33. The third kappa shape index (κ3) is 42.8. The maximum atomic E-state index is 2.28. The van der Waals surface area contributed by atoms with E-state index in [0.717, 1.165) is 0 Å². The van der Waals surface area contributed by atoms with E-state index in [9.17, 15) is 0 Å². The van der Waals surface area contributed by atoms with E-state index in [4.69, 9.17) is 0 Å². The normalized spacial score (nSPS) is 10.3. The van der Waals surface area contributed by atoms with Gasteiger partial charge >= 0.3 is 0 Å². The topological polar surface area (TPSA) is 0 Å². The summed E-state index contributed by atoms with van der Waals surface area (Å²) in [5, 5.41) is 0. The Kier molecular flexibility index (Phi) is 38.7. The highest BCUT2D eigenvalue weighted by Crippen LogP contribution is 2.18. The minimum Gasteiger partial charge on any atom is -0.165 e. The molecule has 0 N–H and O–H groups in total. The van der Waals surface area contributed by atoms with Crippen molar-refractivity contribution in [1.82, 2.24) is 0 Å². The Morgan fingerprint density at radius 1 is 0.559 bits per heavy atom. The zero-order valence-corrected chi connectivity index (χ0v) is 27.7. The van der Waals surface area contributed by atoms with Gasteiger partial charge in [0.1, 0.15) is 0 Å². The van der Waals surface area contributed by atoms with Crippen molar-refractivity contribution in [3.8, 4) is 0 Å². The van der Waals surface area contributed by atoms with Gasteiger partial charge in [-0.3, -0.25) is 0 Å². The molecule has 0 nitrogen and oxygen atoms in total. The van der Waals surface area contributed by atoms with Crippen LogP contribution < -0.4 is 0 Å². The van der Waals surface area contributed by atoms with Gasteiger partial charge in [-0.25, -0.2) is 0 Å². The smallest absolute Gasteiger partial charge is 0.00723 e. The van der Waals surface area contributed by atoms with Crippen LogP contribution in [0.4, 0.5) is 0 Å². The second-order valence-electron chi connectivity index (χ2n) is 9.35. The van der Waals surface area contributed by atoms with Crippen molar-refractivity contribution < 1.29 is 0 Å². The average Bonchev–Trinajstić information content (AvgIpc) is 2.85. The van der Waals surface area contributed by atoms with Crippen LogP contribution >= 0.6 is 47.0 Å². The number of hydrogen-bond donors (Lipinski definition) is 0. The quantitative estimate of drug-likeness (QED) is 0.158. The fraction of sp³-hybridized carbons (Fsp3) is 0.800. The first-order valence-corrected chi connectivity index (χ1v) is 18.7. The first kappa shape index (κ1) is 39.1. The number of benzene rings is 1. The van der Waals surface area contributed by atoms with Crippen LogP contribution in [0, 0.1) is 0 Å². The SMILES string of the molecule is CCCCCCCCCCCCSC.CCCCSC.CSC(C)(C)C.CSc1ccccc1. The zero-order valence-electron chi connectivity index (χ0n) is 24.4. The van der Waals surface area contributed by atoms with Crippen LogP contribution in [0.5, 0.6) is 0 Å². The Labute approximate surface area is 234 Å². The molecule has 0 aromatic heterocycles. The predicted molar refractivity (Wildman–Crippen MR) is 175 cm³/mol. The molecule has 0 unspecified atom stereocenters. The van der Waals surface area contributed by atoms with Crippen LogP contribution in [0.25, 0.3) is 0 Å². The molecule has 204 valence electrons. The van der Waals surface area contributed by atoms with Gasteiger partial charge in [-0.1, -0.05) is 117 Å². The van der Waals surface area contributed by atoms with Gasteiger partial charge in [-0.2, -0.15) is 35.3 Å². The standard InChI is InChI=1S/C13H28S.C7H8S.2C5H12S/c1-3-4-5-6-7-8-9-10-11-12-13-14-2;1-8-7-5-3-2-4-6-7;1-5(2,3)6-4;1-3-4-5-6-2/h3-13H2,1-2H3;2-6H,1H3;1-4H3;3-5H2,1-2H3. The first-order valence-electron chi connectivity index (χ1n) is 13.4. The van der Waals surface area contributed by atoms with Crippen molar-refractivity contribution in [3.05, 3.63) is 30.3 Å². The summed E-state index contributed by atoms with van der Waals surface area (Å²) < 4.78 is 0.458. The third-order valence-corrected chi connectivity index (χ3v) is 8.36. The molecular formula is C30H60S4. The van der Waals surface area contributed by atoms with Crippen molar-refractivity contribution in [2.45, 2.75) is 121 Å². The fourth-order valence-corrected chi connectivity index (χ4v) is 4.08. The maximum Gasteiger partial charge on any atom is 0.00723 e. The highest BCUT2D eigenvalue weighted by molar-refractivity contribution is 8.00. The molecule has 1 aromatic rings. The average molecular weight is 549 g/mol. The van der Waals surface area contributed by atoms with E-state index in [1.807, 2.05) is 53.5 Å². The molecule has 0 saturated carbocycles. The molecule has 0 aliphatic carbocycles. The number of rotatable bonds is 15. The minimum atomic E-state index is 0.458. The Hall–Kier alpha value is 0.620. The van der Waals surface area contributed by atoms with Gasteiger partial charge in [-0.05, 0) is 61.5 Å². The van der Waals surface area contributed by atoms with Crippen molar-refractivity contribution >= 4 is 47.0 Å². The monoisotopic (exact) mass is 548 g/mol. The second-order valence-corrected chi connectivity index (χ2v) is 13.8. The molecule has 1 rings (SSSR count). The lowest BCUT2D eigenvalue weighted by molar-refractivity contribution is 0.563. The van der Waals surface area contributed by atoms with E-state index in [1.165, 1.54) is 93.5 Å². The van der Waals surface area contributed by atoms with Crippen LogP contribution in [-0.4, -0.2) is 41.3 Å². The van der Waals surface area contributed by atoms with Crippen molar-refractivity contribution in [1.29, 1.82) is 0 Å². The Balaban J connectivity index is -0.000000408. The molecule has 0 aliphatic heterocycles. The van der Waals surface area contributed by atoms with E-state index in [0.29, 0.717) is 4.75 Å². The van der Waals surface area contributed by atoms with E-state index < -0.39 is 0 Å². The molecule has 0 fully saturated rings. The molecule has 0 bridgehead atoms. The van der Waals surface area contributed by atoms with Gasteiger partial charge < -0.3 is 0 Å². The molecule has 4 heteroatoms. The van der Waals surface area contributed by atoms with Crippen molar-refractivity contribution in [2.24, 2.45) is 0 Å². The molecule has 0 spiro atoms. The van der Waals surface area contributed by atoms with Gasteiger partial charge in [0.15, 0.2) is 0 Å². The zero-order chi connectivity index (χ0) is 26.3. The van der Waals surface area contributed by atoms with E-state index in [-0.39, 0.29) is 0 Å². The molecule has 1 aromatic carbocycles. The number of thioether (sulfide) groups is 4. The molecular weight excluding hydrogens is 489 g/mol. The molecule has 34 heavy (non-hydrogen) atoms. The third-order valence-electron chi connectivity index (χ3n) is 5.00. The van der Waals surface area contributed by atoms with Gasteiger partial charge in [-0.15, -0.1) is 11.8 Å². The largest absolute Gasteiger partial charge is 0.165 e. The molecule has 0 saturated heterocycles. The summed E-state index contributed by atoms with van der Waals surface area (Å²) >= 11 is 7.56. The highest BCUT2D eigenvalue weighted by Gasteiger charge is 2.04. The summed E-state index contributed by atoms with van der Waals surface area (Å²) in [7, 11) is 0. The Morgan fingerprint density at radius 2 is 0.941 bits per heavy atom. The van der Waals surface area contributed by atoms with Crippen LogP contribution in [0.3, 0.4) is 0 Å². The molecule has 0 aliphatic rings. The van der Waals surface area contributed by atoms with E-state index >= 15 is 0 Å². The van der Waals surface area contributed by atoms with Crippen LogP contribution in [0.15, 0.2) is 35.2 Å². The Bertz CT molecular complexity index is 427. The van der Waals surface area contributed by atoms with Gasteiger partial charge in [0.2, 0.25) is 0 Å². The van der Waals surface area contributed by atoms with Crippen molar-refractivity contribution in [2.75, 3.05) is 36.5 Å². The van der Waals surface area contributed by atoms with Crippen LogP contribution in [0.2, 0.25) is 0 Å². The predicted octanol–water partition coefficient (Wildman–Crippen LogP) is 12.0. The maximum absolute atomic E-state index is 2.28. The van der Waals surface area contributed by atoms with Crippen LogP contribution in [-0.2, 0) is 0 Å². The second kappa shape index (κ2) is 33.6. The summed E-state index contributed by atoms with van der Waals surface area (Å²) in [6.45, 7) is 11.1. The lowest BCUT2D eigenvalue weighted by Crippen LogP contribution is -2.04. The molecule has 0 heterocycles. The number of unbranched alkanes of at least 4 members (excludes halogenated alkanes) is 10. The van der Waals surface area contributed by atoms with Gasteiger partial charge in [0, 0.05) is 9.64 Å². The van der Waals surface area contributed by atoms with E-state index in [1.54, 1.807) is 11.8 Å². The van der Waals surface area contributed by atoms with E-state index in [2.05, 4.69) is 71.8 Å². The minimum absolute atomic E-state index is 0.458. The Morgan fingerprint density at radius 3 is 1.24 bits per heavy atom. The fourth-order valence-electron chi connectivity index (χ4n) is 2.58. The van der Waals surface area contributed by atoms with Gasteiger partial charge in [0.05, 0.1) is 0 Å². The molecule has 0 radical (unpaired) electrons. The summed E-state index contributed by atoms with van der Waals surface area (Å²) in [5.74, 6) is 2.69. The summed E-state index contributed by atoms with van der Waals surface area (Å²) in [6, 6.07) is 10.3. The lowest BCUT2D eigenvalue weighted by atomic mass is 10.1. The molecule has 0 atom stereocenters. The van der Waals surface area contributed by atoms with Crippen molar-refractivity contribution in [3.63, 3.8) is 0 Å². The van der Waals surface area contributed by atoms with Gasteiger partial charge in [0.25, 0.3) is 0 Å². The highest BCUT2D eigenvalue weighted by atomic mass is 32.2. The lowest BCUT2D eigenvalue weighted by Gasteiger charge is -2.12. The summed E-state index contributed by atoms with van der Waals surface area (Å²) in [6.07, 6.45) is 25.8. The van der Waals surface area contributed by atoms with Crippen LogP contribution in [0.1, 0.15) is 112 Å². The molecule has 0 amide bonds. The first-order chi connectivity index (χ1) is 16.3.